The zero-order valence-electron chi connectivity index (χ0n) is 16.4. The zero-order chi connectivity index (χ0) is 20.5. The number of aromatic nitrogens is 2. The van der Waals surface area contributed by atoms with Crippen LogP contribution in [0.1, 0.15) is 34.0 Å². The first kappa shape index (κ1) is 20.5. The molecule has 0 aliphatic carbocycles. The van der Waals surface area contributed by atoms with Crippen LogP contribution < -0.4 is 0 Å². The van der Waals surface area contributed by atoms with Crippen LogP contribution in [-0.2, 0) is 16.6 Å². The number of rotatable bonds is 6. The minimum Gasteiger partial charge on any atom is -0.478 e. The molecule has 1 aliphatic heterocycles. The van der Waals surface area contributed by atoms with E-state index < -0.39 is 16.0 Å². The Balaban J connectivity index is 1.92. The van der Waals surface area contributed by atoms with E-state index in [0.29, 0.717) is 32.7 Å². The second kappa shape index (κ2) is 8.02. The SMILES string of the molecule is CCN1CCN(S(=O)(=O)c2nn(Cc3cc(C)ccc3C)cc2C(=O)O)CC1. The summed E-state index contributed by atoms with van der Waals surface area (Å²) in [5.41, 5.74) is 2.80. The van der Waals surface area contributed by atoms with Gasteiger partial charge in [-0.25, -0.2) is 13.2 Å². The van der Waals surface area contributed by atoms with Crippen molar-refractivity contribution in [2.75, 3.05) is 32.7 Å². The molecule has 1 saturated heterocycles. The van der Waals surface area contributed by atoms with Gasteiger partial charge in [0.1, 0.15) is 5.56 Å². The van der Waals surface area contributed by atoms with E-state index in [1.807, 2.05) is 39.0 Å². The van der Waals surface area contributed by atoms with Gasteiger partial charge in [-0.05, 0) is 31.5 Å². The molecule has 0 radical (unpaired) electrons. The van der Waals surface area contributed by atoms with Crippen LogP contribution in [0.25, 0.3) is 0 Å². The number of sulfonamides is 1. The van der Waals surface area contributed by atoms with Gasteiger partial charge in [-0.2, -0.15) is 9.40 Å². The van der Waals surface area contributed by atoms with Gasteiger partial charge in [0.2, 0.25) is 5.03 Å². The first-order valence-corrected chi connectivity index (χ1v) is 10.8. The number of nitrogens with zero attached hydrogens (tertiary/aromatic N) is 4. The minimum absolute atomic E-state index is 0.289. The maximum absolute atomic E-state index is 13.1. The van der Waals surface area contributed by atoms with E-state index >= 15 is 0 Å². The Kier molecular flexibility index (Phi) is 5.87. The van der Waals surface area contributed by atoms with E-state index in [1.165, 1.54) is 15.2 Å². The maximum Gasteiger partial charge on any atom is 0.340 e. The first-order valence-electron chi connectivity index (χ1n) is 9.31. The van der Waals surface area contributed by atoms with Crippen molar-refractivity contribution < 1.29 is 18.3 Å². The lowest BCUT2D eigenvalue weighted by Crippen LogP contribution is -2.48. The van der Waals surface area contributed by atoms with Crippen LogP contribution in [0.2, 0.25) is 0 Å². The highest BCUT2D eigenvalue weighted by Gasteiger charge is 2.34. The third-order valence-electron chi connectivity index (χ3n) is 5.16. The Morgan fingerprint density at radius 3 is 2.46 bits per heavy atom. The lowest BCUT2D eigenvalue weighted by molar-refractivity contribution is 0.0692. The molecule has 2 aromatic rings. The molecule has 28 heavy (non-hydrogen) atoms. The third-order valence-corrected chi connectivity index (χ3v) is 6.99. The largest absolute Gasteiger partial charge is 0.478 e. The molecule has 1 aromatic carbocycles. The van der Waals surface area contributed by atoms with E-state index in [0.717, 1.165) is 23.2 Å². The Morgan fingerprint density at radius 1 is 1.18 bits per heavy atom. The van der Waals surface area contributed by atoms with Crippen LogP contribution in [0.5, 0.6) is 0 Å². The fourth-order valence-electron chi connectivity index (χ4n) is 3.38. The highest BCUT2D eigenvalue weighted by Crippen LogP contribution is 2.21. The summed E-state index contributed by atoms with van der Waals surface area (Å²) < 4.78 is 28.9. The van der Waals surface area contributed by atoms with Gasteiger partial charge in [-0.1, -0.05) is 30.7 Å². The van der Waals surface area contributed by atoms with Crippen molar-refractivity contribution in [3.8, 4) is 0 Å². The molecule has 152 valence electrons. The van der Waals surface area contributed by atoms with Gasteiger partial charge >= 0.3 is 5.97 Å². The normalized spacial score (nSPS) is 16.4. The van der Waals surface area contributed by atoms with Crippen LogP contribution >= 0.6 is 0 Å². The van der Waals surface area contributed by atoms with Crippen LogP contribution in [0.4, 0.5) is 0 Å². The predicted molar refractivity (Wildman–Crippen MR) is 105 cm³/mol. The summed E-state index contributed by atoms with van der Waals surface area (Å²) in [5.74, 6) is -1.29. The Bertz CT molecular complexity index is 976. The molecular weight excluding hydrogens is 380 g/mol. The maximum atomic E-state index is 13.1. The lowest BCUT2D eigenvalue weighted by Gasteiger charge is -2.32. The smallest absolute Gasteiger partial charge is 0.340 e. The molecule has 0 bridgehead atoms. The Morgan fingerprint density at radius 2 is 1.86 bits per heavy atom. The summed E-state index contributed by atoms with van der Waals surface area (Å²) in [6.45, 7) is 9.05. The number of aryl methyl sites for hydroxylation is 2. The van der Waals surface area contributed by atoms with Crippen molar-refractivity contribution in [3.63, 3.8) is 0 Å². The van der Waals surface area contributed by atoms with Gasteiger partial charge in [-0.3, -0.25) is 4.68 Å². The summed E-state index contributed by atoms with van der Waals surface area (Å²) in [5, 5.41) is 13.3. The van der Waals surface area contributed by atoms with E-state index in [2.05, 4.69) is 10.00 Å². The lowest BCUT2D eigenvalue weighted by atomic mass is 10.1. The molecule has 8 nitrogen and oxygen atoms in total. The van der Waals surface area contributed by atoms with E-state index in [4.69, 9.17) is 0 Å². The summed E-state index contributed by atoms with van der Waals surface area (Å²) in [6.07, 6.45) is 1.30. The van der Waals surface area contributed by atoms with Crippen molar-refractivity contribution in [1.29, 1.82) is 0 Å². The number of carboxylic acids is 1. The Labute approximate surface area is 165 Å². The quantitative estimate of drug-likeness (QED) is 0.782. The summed E-state index contributed by atoms with van der Waals surface area (Å²) in [4.78, 5) is 13.8. The van der Waals surface area contributed by atoms with Crippen LogP contribution in [0.15, 0.2) is 29.4 Å². The van der Waals surface area contributed by atoms with Crippen LogP contribution in [0.3, 0.4) is 0 Å². The van der Waals surface area contributed by atoms with Crippen molar-refractivity contribution in [3.05, 3.63) is 46.6 Å². The molecule has 1 aliphatic rings. The molecule has 9 heteroatoms. The van der Waals surface area contributed by atoms with Gasteiger partial charge in [0.05, 0.1) is 6.54 Å². The number of aromatic carboxylic acids is 1. The number of carboxylic acid groups (broad SMARTS) is 1. The third kappa shape index (κ3) is 4.11. The molecule has 1 fully saturated rings. The standard InChI is InChI=1S/C19H26N4O4S/c1-4-21-7-9-23(10-8-21)28(26,27)18-17(19(24)25)13-22(20-18)12-16-11-14(2)5-6-15(16)3/h5-6,11,13H,4,7-10,12H2,1-3H3,(H,24,25). The highest BCUT2D eigenvalue weighted by atomic mass is 32.2. The number of carbonyl (C=O) groups is 1. The van der Waals surface area contributed by atoms with Gasteiger partial charge in [0.25, 0.3) is 10.0 Å². The molecule has 3 rings (SSSR count). The fraction of sp³-hybridized carbons (Fsp3) is 0.474. The van der Waals surface area contributed by atoms with Crippen LogP contribution in [0, 0.1) is 13.8 Å². The molecule has 0 amide bonds. The molecule has 0 atom stereocenters. The molecule has 0 saturated carbocycles. The summed E-state index contributed by atoms with van der Waals surface area (Å²) in [7, 11) is -3.97. The Hall–Kier alpha value is -2.23. The van der Waals surface area contributed by atoms with Crippen molar-refractivity contribution in [1.82, 2.24) is 19.0 Å². The number of piperazine rings is 1. The van der Waals surface area contributed by atoms with Crippen molar-refractivity contribution in [2.24, 2.45) is 0 Å². The molecule has 2 heterocycles. The molecule has 0 unspecified atom stereocenters. The highest BCUT2D eigenvalue weighted by molar-refractivity contribution is 7.89. The van der Waals surface area contributed by atoms with Gasteiger partial charge < -0.3 is 10.0 Å². The second-order valence-corrected chi connectivity index (χ2v) is 8.97. The minimum atomic E-state index is -3.97. The first-order chi connectivity index (χ1) is 13.2. The molecule has 1 N–H and O–H groups in total. The second-order valence-electron chi connectivity index (χ2n) is 7.12. The summed E-state index contributed by atoms with van der Waals surface area (Å²) >= 11 is 0. The van der Waals surface area contributed by atoms with E-state index in [-0.39, 0.29) is 10.6 Å². The van der Waals surface area contributed by atoms with Gasteiger partial charge in [0.15, 0.2) is 0 Å². The average molecular weight is 407 g/mol. The number of hydrogen-bond acceptors (Lipinski definition) is 5. The van der Waals surface area contributed by atoms with E-state index in [9.17, 15) is 18.3 Å². The average Bonchev–Trinajstić information content (AvgIpc) is 3.10. The number of benzene rings is 1. The molecule has 1 aromatic heterocycles. The van der Waals surface area contributed by atoms with E-state index in [1.54, 1.807) is 0 Å². The topological polar surface area (TPSA) is 95.7 Å². The van der Waals surface area contributed by atoms with Crippen molar-refractivity contribution in [2.45, 2.75) is 32.3 Å². The van der Waals surface area contributed by atoms with Crippen LogP contribution in [-0.4, -0.2) is 71.2 Å². The zero-order valence-corrected chi connectivity index (χ0v) is 17.2. The number of hydrogen-bond donors (Lipinski definition) is 1. The monoisotopic (exact) mass is 406 g/mol. The fourth-order valence-corrected chi connectivity index (χ4v) is 4.89. The molecular formula is C19H26N4O4S. The molecule has 0 spiro atoms. The van der Waals surface area contributed by atoms with Gasteiger partial charge in [-0.15, -0.1) is 0 Å². The van der Waals surface area contributed by atoms with Crippen molar-refractivity contribution >= 4 is 16.0 Å². The summed E-state index contributed by atoms with van der Waals surface area (Å²) in [6, 6.07) is 5.98. The predicted octanol–water partition coefficient (Wildman–Crippen LogP) is 1.57. The van der Waals surface area contributed by atoms with Gasteiger partial charge in [0, 0.05) is 32.4 Å². The number of likely N-dealkylation sites (N-methyl/N-ethyl adjacent to an activating group) is 1.